The van der Waals surface area contributed by atoms with Crippen LogP contribution in [0, 0.1) is 0 Å². The summed E-state index contributed by atoms with van der Waals surface area (Å²) in [6.07, 6.45) is 3.36. The molecule has 0 atom stereocenters. The Balaban J connectivity index is 1.98. The Morgan fingerprint density at radius 2 is 1.88 bits per heavy atom. The molecular weight excluding hydrogens is 334 g/mol. The van der Waals surface area contributed by atoms with E-state index in [4.69, 9.17) is 9.47 Å². The van der Waals surface area contributed by atoms with Gasteiger partial charge in [-0.25, -0.2) is 0 Å². The SMILES string of the molecule is COc1ccc(CN(CC(=O)NCc2cccnc2)C(C)=O)cc1OC. The van der Waals surface area contributed by atoms with E-state index in [1.165, 1.54) is 11.8 Å². The van der Waals surface area contributed by atoms with Gasteiger partial charge in [-0.05, 0) is 29.3 Å². The highest BCUT2D eigenvalue weighted by atomic mass is 16.5. The van der Waals surface area contributed by atoms with Crippen LogP contribution in [0.3, 0.4) is 0 Å². The molecule has 0 saturated carbocycles. The number of benzene rings is 1. The number of methoxy groups -OCH3 is 2. The summed E-state index contributed by atoms with van der Waals surface area (Å²) in [5, 5.41) is 2.79. The minimum absolute atomic E-state index is 0.0239. The second-order valence-electron chi connectivity index (χ2n) is 5.70. The highest BCUT2D eigenvalue weighted by Crippen LogP contribution is 2.28. The van der Waals surface area contributed by atoms with Gasteiger partial charge in [0, 0.05) is 32.4 Å². The predicted octanol–water partition coefficient (Wildman–Crippen LogP) is 1.76. The highest BCUT2D eigenvalue weighted by molar-refractivity contribution is 5.83. The maximum atomic E-state index is 12.2. The van der Waals surface area contributed by atoms with Gasteiger partial charge in [0.1, 0.15) is 0 Å². The van der Waals surface area contributed by atoms with E-state index in [1.807, 2.05) is 12.1 Å². The number of ether oxygens (including phenoxy) is 2. The van der Waals surface area contributed by atoms with Crippen molar-refractivity contribution in [2.45, 2.75) is 20.0 Å². The summed E-state index contributed by atoms with van der Waals surface area (Å²) in [5.74, 6) is 0.773. The predicted molar refractivity (Wildman–Crippen MR) is 96.7 cm³/mol. The van der Waals surface area contributed by atoms with Gasteiger partial charge >= 0.3 is 0 Å². The lowest BCUT2D eigenvalue weighted by Gasteiger charge is -2.21. The highest BCUT2D eigenvalue weighted by Gasteiger charge is 2.15. The quantitative estimate of drug-likeness (QED) is 0.779. The average Bonchev–Trinajstić information content (AvgIpc) is 2.66. The molecule has 7 heteroatoms. The van der Waals surface area contributed by atoms with Crippen molar-refractivity contribution >= 4 is 11.8 Å². The van der Waals surface area contributed by atoms with Crippen LogP contribution in [0.1, 0.15) is 18.1 Å². The standard InChI is InChI=1S/C19H23N3O4/c1-14(23)22(12-15-6-7-17(25-2)18(9-15)26-3)13-19(24)21-11-16-5-4-8-20-10-16/h4-10H,11-13H2,1-3H3,(H,21,24). The first-order chi connectivity index (χ1) is 12.5. The van der Waals surface area contributed by atoms with Gasteiger partial charge in [0.2, 0.25) is 11.8 Å². The number of carbonyl (C=O) groups is 2. The Kier molecular flexibility index (Phi) is 6.96. The van der Waals surface area contributed by atoms with Gasteiger partial charge in [0.05, 0.1) is 20.8 Å². The van der Waals surface area contributed by atoms with E-state index in [1.54, 1.807) is 44.8 Å². The summed E-state index contributed by atoms with van der Waals surface area (Å²) >= 11 is 0. The maximum absolute atomic E-state index is 12.2. The molecule has 26 heavy (non-hydrogen) atoms. The zero-order valence-electron chi connectivity index (χ0n) is 15.2. The number of hydrogen-bond acceptors (Lipinski definition) is 5. The molecule has 0 spiro atoms. The van der Waals surface area contributed by atoms with Crippen molar-refractivity contribution in [3.05, 3.63) is 53.9 Å². The summed E-state index contributed by atoms with van der Waals surface area (Å²) in [6.45, 7) is 2.09. The molecule has 0 aliphatic heterocycles. The van der Waals surface area contributed by atoms with Crippen LogP contribution in [0.5, 0.6) is 11.5 Å². The molecule has 1 N–H and O–H groups in total. The third-order valence-corrected chi connectivity index (χ3v) is 3.81. The maximum Gasteiger partial charge on any atom is 0.239 e. The van der Waals surface area contributed by atoms with E-state index in [0.29, 0.717) is 24.6 Å². The van der Waals surface area contributed by atoms with Crippen molar-refractivity contribution in [1.29, 1.82) is 0 Å². The molecule has 0 fully saturated rings. The number of aromatic nitrogens is 1. The first-order valence-corrected chi connectivity index (χ1v) is 8.15. The number of pyridine rings is 1. The van der Waals surface area contributed by atoms with Gasteiger partial charge in [-0.15, -0.1) is 0 Å². The molecule has 0 unspecified atom stereocenters. The van der Waals surface area contributed by atoms with Crippen molar-refractivity contribution in [2.75, 3.05) is 20.8 Å². The van der Waals surface area contributed by atoms with Gasteiger partial charge in [0.15, 0.2) is 11.5 Å². The summed E-state index contributed by atoms with van der Waals surface area (Å²) in [4.78, 5) is 29.6. The Hall–Kier alpha value is -3.09. The van der Waals surface area contributed by atoms with Crippen molar-refractivity contribution in [3.63, 3.8) is 0 Å². The van der Waals surface area contributed by atoms with E-state index >= 15 is 0 Å². The van der Waals surface area contributed by atoms with E-state index < -0.39 is 0 Å². The largest absolute Gasteiger partial charge is 0.493 e. The number of nitrogens with zero attached hydrogens (tertiary/aromatic N) is 2. The Bertz CT molecular complexity index is 750. The lowest BCUT2D eigenvalue weighted by Crippen LogP contribution is -2.39. The lowest BCUT2D eigenvalue weighted by molar-refractivity contribution is -0.135. The van der Waals surface area contributed by atoms with Crippen LogP contribution in [0.2, 0.25) is 0 Å². The third kappa shape index (κ3) is 5.47. The van der Waals surface area contributed by atoms with Crippen molar-refractivity contribution in [1.82, 2.24) is 15.2 Å². The minimum Gasteiger partial charge on any atom is -0.493 e. The van der Waals surface area contributed by atoms with Gasteiger partial charge < -0.3 is 19.7 Å². The first kappa shape index (κ1) is 19.2. The zero-order chi connectivity index (χ0) is 18.9. The topological polar surface area (TPSA) is 80.8 Å². The lowest BCUT2D eigenvalue weighted by atomic mass is 10.2. The summed E-state index contributed by atoms with van der Waals surface area (Å²) in [7, 11) is 3.11. The van der Waals surface area contributed by atoms with Crippen LogP contribution < -0.4 is 14.8 Å². The monoisotopic (exact) mass is 357 g/mol. The normalized spacial score (nSPS) is 10.1. The molecule has 2 rings (SSSR count). The molecule has 0 saturated heterocycles. The molecule has 0 bridgehead atoms. The molecule has 2 aromatic rings. The second kappa shape index (κ2) is 9.41. The fourth-order valence-electron chi connectivity index (χ4n) is 2.41. The summed E-state index contributed by atoms with van der Waals surface area (Å²) in [6, 6.07) is 9.09. The fraction of sp³-hybridized carbons (Fsp3) is 0.316. The molecule has 1 heterocycles. The number of rotatable bonds is 8. The van der Waals surface area contributed by atoms with Crippen LogP contribution in [0.4, 0.5) is 0 Å². The first-order valence-electron chi connectivity index (χ1n) is 8.15. The van der Waals surface area contributed by atoms with Crippen LogP contribution in [-0.4, -0.2) is 42.5 Å². The van der Waals surface area contributed by atoms with Crippen molar-refractivity contribution in [3.8, 4) is 11.5 Å². The Labute approximate surface area is 152 Å². The number of nitrogens with one attached hydrogen (secondary N) is 1. The molecule has 0 aliphatic rings. The Morgan fingerprint density at radius 3 is 2.50 bits per heavy atom. The molecule has 0 aliphatic carbocycles. The van der Waals surface area contributed by atoms with E-state index in [2.05, 4.69) is 10.3 Å². The summed E-state index contributed by atoms with van der Waals surface area (Å²) in [5.41, 5.74) is 1.74. The molecule has 1 aromatic carbocycles. The van der Waals surface area contributed by atoms with Crippen LogP contribution in [-0.2, 0) is 22.7 Å². The van der Waals surface area contributed by atoms with Crippen LogP contribution in [0.25, 0.3) is 0 Å². The van der Waals surface area contributed by atoms with Crippen LogP contribution >= 0.6 is 0 Å². The van der Waals surface area contributed by atoms with Gasteiger partial charge in [-0.1, -0.05) is 12.1 Å². The number of carbonyl (C=O) groups excluding carboxylic acids is 2. The molecule has 2 amide bonds. The minimum atomic E-state index is -0.232. The molecular formula is C19H23N3O4. The number of hydrogen-bond donors (Lipinski definition) is 1. The van der Waals surface area contributed by atoms with Crippen molar-refractivity contribution in [2.24, 2.45) is 0 Å². The zero-order valence-corrected chi connectivity index (χ0v) is 15.2. The molecule has 7 nitrogen and oxygen atoms in total. The van der Waals surface area contributed by atoms with E-state index in [9.17, 15) is 9.59 Å². The van der Waals surface area contributed by atoms with Gasteiger partial charge in [0.25, 0.3) is 0 Å². The summed E-state index contributed by atoms with van der Waals surface area (Å²) < 4.78 is 10.5. The van der Waals surface area contributed by atoms with Crippen LogP contribution in [0.15, 0.2) is 42.7 Å². The Morgan fingerprint density at radius 1 is 1.12 bits per heavy atom. The van der Waals surface area contributed by atoms with Gasteiger partial charge in [-0.3, -0.25) is 14.6 Å². The molecule has 1 aromatic heterocycles. The smallest absolute Gasteiger partial charge is 0.239 e. The van der Waals surface area contributed by atoms with Crippen molar-refractivity contribution < 1.29 is 19.1 Å². The molecule has 138 valence electrons. The molecule has 0 radical (unpaired) electrons. The number of amides is 2. The van der Waals surface area contributed by atoms with E-state index in [0.717, 1.165) is 11.1 Å². The second-order valence-corrected chi connectivity index (χ2v) is 5.70. The fourth-order valence-corrected chi connectivity index (χ4v) is 2.41. The average molecular weight is 357 g/mol. The third-order valence-electron chi connectivity index (χ3n) is 3.81. The van der Waals surface area contributed by atoms with Gasteiger partial charge in [-0.2, -0.15) is 0 Å². The van der Waals surface area contributed by atoms with E-state index in [-0.39, 0.29) is 18.4 Å².